The van der Waals surface area contributed by atoms with Gasteiger partial charge in [-0.15, -0.1) is 0 Å². The Balaban J connectivity index is 0.879. The lowest BCUT2D eigenvalue weighted by atomic mass is 9.95. The maximum absolute atomic E-state index is 6.12. The van der Waals surface area contributed by atoms with Gasteiger partial charge in [0, 0.05) is 24.0 Å². The molecule has 0 N–H and O–H groups in total. The smallest absolute Gasteiger partial charge is 0.227 e. The fourth-order valence-corrected chi connectivity index (χ4v) is 8.63. The number of oxazole rings is 2. The Labute approximate surface area is 360 Å². The highest BCUT2D eigenvalue weighted by atomic mass is 16.4. The van der Waals surface area contributed by atoms with Crippen LogP contribution in [-0.4, -0.2) is 21.4 Å². The standard InChI is InChI=1S/C54H44N6O2/c1-33-5-11-39(12-6-33)49-31-45(57-59(49)43-23-19-41(20-24-43)53-55-47-29-35(3)9-27-51(47)61-53)37-15-17-38(18-16-37)46-32-50(40-13-7-34(2)8-14-40)60(58-46)44-25-21-42(22-26-44)54-56-48-30-36(4)10-28-52(48)62-54/h5-30,49-50H,31-32H2,1-4H3. The van der Waals surface area contributed by atoms with Crippen LogP contribution in [0, 0.1) is 27.7 Å². The zero-order valence-electron chi connectivity index (χ0n) is 35.1. The van der Waals surface area contributed by atoms with Gasteiger partial charge in [-0.05, 0) is 134 Å². The minimum atomic E-state index is 0.0460. The first-order chi connectivity index (χ1) is 30.3. The SMILES string of the molecule is Cc1ccc(C2CC(c3ccc(C4=NN(c5ccc(-c6nc7cc(C)ccc7o6)cc5)C(c5ccc(C)cc5)C4)cc3)=NN2c2ccc(-c3nc4cc(C)ccc4o3)cc2)cc1. The molecule has 0 bridgehead atoms. The van der Waals surface area contributed by atoms with Crippen molar-refractivity contribution in [3.8, 4) is 22.9 Å². The maximum atomic E-state index is 6.12. The second kappa shape index (κ2) is 15.2. The molecule has 0 radical (unpaired) electrons. The molecule has 2 aliphatic rings. The van der Waals surface area contributed by atoms with Gasteiger partial charge in [-0.25, -0.2) is 9.97 Å². The fraction of sp³-hybridized carbons (Fsp3) is 0.148. The van der Waals surface area contributed by atoms with Gasteiger partial charge in [-0.3, -0.25) is 10.0 Å². The summed E-state index contributed by atoms with van der Waals surface area (Å²) in [5.74, 6) is 1.23. The summed E-state index contributed by atoms with van der Waals surface area (Å²) in [6.45, 7) is 8.38. The van der Waals surface area contributed by atoms with Gasteiger partial charge in [0.25, 0.3) is 0 Å². The van der Waals surface area contributed by atoms with Gasteiger partial charge >= 0.3 is 0 Å². The van der Waals surface area contributed by atoms with Crippen molar-refractivity contribution in [2.75, 3.05) is 10.0 Å². The lowest BCUT2D eigenvalue weighted by molar-refractivity contribution is 0.619. The Kier molecular flexibility index (Phi) is 9.15. The number of aryl methyl sites for hydroxylation is 4. The highest BCUT2D eigenvalue weighted by Gasteiger charge is 2.32. The molecule has 0 aliphatic carbocycles. The molecule has 0 amide bonds. The van der Waals surface area contributed by atoms with E-state index in [1.54, 1.807) is 0 Å². The van der Waals surface area contributed by atoms with Crippen LogP contribution in [0.1, 0.15) is 69.4 Å². The number of nitrogens with zero attached hydrogens (tertiary/aromatic N) is 6. The topological polar surface area (TPSA) is 83.3 Å². The Bertz CT molecular complexity index is 2950. The quantitative estimate of drug-likeness (QED) is 0.152. The molecule has 0 saturated carbocycles. The van der Waals surface area contributed by atoms with Crippen LogP contribution in [0.15, 0.2) is 177 Å². The molecule has 2 aromatic heterocycles. The lowest BCUT2D eigenvalue weighted by Gasteiger charge is -2.24. The summed E-state index contributed by atoms with van der Waals surface area (Å²) in [5.41, 5.74) is 18.7. The van der Waals surface area contributed by atoms with Gasteiger partial charge < -0.3 is 8.83 Å². The summed E-state index contributed by atoms with van der Waals surface area (Å²) in [4.78, 5) is 9.54. The van der Waals surface area contributed by atoms with Gasteiger partial charge in [0.05, 0.1) is 34.9 Å². The summed E-state index contributed by atoms with van der Waals surface area (Å²) >= 11 is 0. The normalized spacial score (nSPS) is 16.4. The number of hydrogen-bond acceptors (Lipinski definition) is 8. The molecule has 2 aliphatic heterocycles. The van der Waals surface area contributed by atoms with Gasteiger partial charge in [-0.1, -0.05) is 96.1 Å². The van der Waals surface area contributed by atoms with Crippen LogP contribution < -0.4 is 10.0 Å². The lowest BCUT2D eigenvalue weighted by Crippen LogP contribution is -2.18. The van der Waals surface area contributed by atoms with Crippen LogP contribution in [0.2, 0.25) is 0 Å². The third kappa shape index (κ3) is 7.03. The zero-order valence-corrected chi connectivity index (χ0v) is 35.1. The number of fused-ring (bicyclic) bond motifs is 2. The van der Waals surface area contributed by atoms with Crippen LogP contribution >= 0.6 is 0 Å². The van der Waals surface area contributed by atoms with Crippen molar-refractivity contribution >= 4 is 45.0 Å². The van der Waals surface area contributed by atoms with Crippen molar-refractivity contribution in [2.45, 2.75) is 52.6 Å². The van der Waals surface area contributed by atoms with Crippen molar-refractivity contribution in [1.82, 2.24) is 9.97 Å². The predicted molar refractivity (Wildman–Crippen MR) is 250 cm³/mol. The summed E-state index contributed by atoms with van der Waals surface area (Å²) < 4.78 is 12.2. The number of hydrazone groups is 2. The van der Waals surface area contributed by atoms with E-state index >= 15 is 0 Å². The van der Waals surface area contributed by atoms with Crippen molar-refractivity contribution in [3.63, 3.8) is 0 Å². The molecule has 8 nitrogen and oxygen atoms in total. The predicted octanol–water partition coefficient (Wildman–Crippen LogP) is 13.2. The van der Waals surface area contributed by atoms with Crippen LogP contribution in [0.5, 0.6) is 0 Å². The van der Waals surface area contributed by atoms with E-state index in [-0.39, 0.29) is 12.1 Å². The molecular formula is C54H44N6O2. The summed E-state index contributed by atoms with van der Waals surface area (Å²) in [6.07, 6.45) is 1.55. The van der Waals surface area contributed by atoms with Gasteiger partial charge in [0.1, 0.15) is 11.0 Å². The molecule has 7 aromatic carbocycles. The third-order valence-corrected chi connectivity index (χ3v) is 12.1. The second-order valence-electron chi connectivity index (χ2n) is 16.7. The molecule has 62 heavy (non-hydrogen) atoms. The third-order valence-electron chi connectivity index (χ3n) is 12.1. The van der Waals surface area contributed by atoms with Gasteiger partial charge in [-0.2, -0.15) is 10.2 Å². The van der Waals surface area contributed by atoms with Crippen molar-refractivity contribution in [2.24, 2.45) is 10.2 Å². The first kappa shape index (κ1) is 37.4. The molecule has 8 heteroatoms. The van der Waals surface area contributed by atoms with Gasteiger partial charge in [0.15, 0.2) is 11.2 Å². The van der Waals surface area contributed by atoms with E-state index in [1.165, 1.54) is 22.3 Å². The van der Waals surface area contributed by atoms with Crippen molar-refractivity contribution in [1.29, 1.82) is 0 Å². The maximum Gasteiger partial charge on any atom is 0.227 e. The van der Waals surface area contributed by atoms with Crippen LogP contribution in [0.25, 0.3) is 45.1 Å². The largest absolute Gasteiger partial charge is 0.436 e. The molecule has 0 spiro atoms. The number of rotatable bonds is 8. The van der Waals surface area contributed by atoms with Crippen molar-refractivity contribution < 1.29 is 8.83 Å². The number of aromatic nitrogens is 2. The highest BCUT2D eigenvalue weighted by Crippen LogP contribution is 2.40. The fourth-order valence-electron chi connectivity index (χ4n) is 8.63. The van der Waals surface area contributed by atoms with E-state index < -0.39 is 0 Å². The van der Waals surface area contributed by atoms with Crippen LogP contribution in [0.4, 0.5) is 11.4 Å². The number of benzene rings is 7. The van der Waals surface area contributed by atoms with Crippen LogP contribution in [-0.2, 0) is 0 Å². The van der Waals surface area contributed by atoms with E-state index in [0.29, 0.717) is 11.8 Å². The first-order valence-corrected chi connectivity index (χ1v) is 21.2. The minimum absolute atomic E-state index is 0.0460. The molecule has 11 rings (SSSR count). The molecular weight excluding hydrogens is 765 g/mol. The van der Waals surface area contributed by atoms with E-state index in [1.807, 2.05) is 24.3 Å². The van der Waals surface area contributed by atoms with Gasteiger partial charge in [0.2, 0.25) is 11.8 Å². The Morgan fingerprint density at radius 2 is 0.758 bits per heavy atom. The second-order valence-corrected chi connectivity index (χ2v) is 16.7. The summed E-state index contributed by atoms with van der Waals surface area (Å²) in [6, 6.07) is 55.4. The molecule has 4 heterocycles. The Morgan fingerprint density at radius 3 is 1.15 bits per heavy atom. The molecule has 2 unspecified atom stereocenters. The van der Waals surface area contributed by atoms with E-state index in [2.05, 4.69) is 171 Å². The summed E-state index contributed by atoms with van der Waals surface area (Å²) in [5, 5.41) is 14.9. The molecule has 2 atom stereocenters. The number of hydrogen-bond donors (Lipinski definition) is 0. The number of anilines is 2. The molecule has 0 fully saturated rings. The summed E-state index contributed by atoms with van der Waals surface area (Å²) in [7, 11) is 0. The van der Waals surface area contributed by atoms with Crippen molar-refractivity contribution in [3.05, 3.63) is 202 Å². The minimum Gasteiger partial charge on any atom is -0.436 e. The molecule has 0 saturated heterocycles. The monoisotopic (exact) mass is 808 g/mol. The average Bonchev–Trinajstić information content (AvgIpc) is 4.12. The Morgan fingerprint density at radius 1 is 0.403 bits per heavy atom. The zero-order chi connectivity index (χ0) is 41.9. The van der Waals surface area contributed by atoms with E-state index in [4.69, 9.17) is 29.0 Å². The average molecular weight is 809 g/mol. The molecule has 302 valence electrons. The molecule has 9 aromatic rings. The van der Waals surface area contributed by atoms with Crippen LogP contribution in [0.3, 0.4) is 0 Å². The van der Waals surface area contributed by atoms with E-state index in [0.717, 1.165) is 91.2 Å². The highest BCUT2D eigenvalue weighted by molar-refractivity contribution is 6.06. The first-order valence-electron chi connectivity index (χ1n) is 21.2. The Hall–Kier alpha value is -7.58. The van der Waals surface area contributed by atoms with E-state index in [9.17, 15) is 0 Å².